The highest BCUT2D eigenvalue weighted by atomic mass is 16.5. The van der Waals surface area contributed by atoms with Gasteiger partial charge in [-0.15, -0.1) is 0 Å². The molecule has 0 N–H and O–H groups in total. The largest absolute Gasteiger partial charge is 0.494 e. The Morgan fingerprint density at radius 2 is 1.42 bits per heavy atom. The van der Waals surface area contributed by atoms with Crippen molar-refractivity contribution in [1.29, 1.82) is 0 Å². The van der Waals surface area contributed by atoms with E-state index in [-0.39, 0.29) is 5.41 Å². The second-order valence-electron chi connectivity index (χ2n) is 14.8. The quantitative estimate of drug-likeness (QED) is 0.149. The van der Waals surface area contributed by atoms with E-state index in [2.05, 4.69) is 159 Å². The lowest BCUT2D eigenvalue weighted by Gasteiger charge is -2.39. The summed E-state index contributed by atoms with van der Waals surface area (Å²) in [5.41, 5.74) is 11.2. The third kappa shape index (κ3) is 5.31. The van der Waals surface area contributed by atoms with Gasteiger partial charge in [0.25, 0.3) is 0 Å². The van der Waals surface area contributed by atoms with E-state index in [9.17, 15) is 0 Å². The summed E-state index contributed by atoms with van der Waals surface area (Å²) < 4.78 is 19.3. The molecule has 6 aromatic carbocycles. The highest BCUT2D eigenvalue weighted by Crippen LogP contribution is 2.58. The van der Waals surface area contributed by atoms with E-state index in [4.69, 9.17) is 14.2 Å². The average Bonchev–Trinajstić information content (AvgIpc) is 3.45. The summed E-state index contributed by atoms with van der Waals surface area (Å²) in [4.78, 5) is 2.40. The van der Waals surface area contributed by atoms with E-state index in [1.54, 1.807) is 0 Å². The third-order valence-electron chi connectivity index (χ3n) is 11.4. The zero-order valence-corrected chi connectivity index (χ0v) is 30.3. The van der Waals surface area contributed by atoms with Crippen LogP contribution in [0.3, 0.4) is 0 Å². The van der Waals surface area contributed by atoms with Crippen LogP contribution in [-0.4, -0.2) is 32.9 Å². The molecule has 1 fully saturated rings. The molecule has 260 valence electrons. The molecule has 0 bridgehead atoms. The van der Waals surface area contributed by atoms with Gasteiger partial charge in [0.15, 0.2) is 5.60 Å². The minimum atomic E-state index is -0.842. The molecule has 2 heterocycles. The van der Waals surface area contributed by atoms with Crippen LogP contribution < -0.4 is 14.4 Å². The summed E-state index contributed by atoms with van der Waals surface area (Å²) in [6.07, 6.45) is 6.77. The average molecular weight is 684 g/mol. The van der Waals surface area contributed by atoms with Crippen molar-refractivity contribution < 1.29 is 14.2 Å². The van der Waals surface area contributed by atoms with Crippen LogP contribution >= 0.6 is 0 Å². The van der Waals surface area contributed by atoms with Crippen LogP contribution in [0.15, 0.2) is 127 Å². The predicted molar refractivity (Wildman–Crippen MR) is 214 cm³/mol. The fourth-order valence-corrected chi connectivity index (χ4v) is 8.60. The Hall–Kier alpha value is -5.32. The Morgan fingerprint density at radius 1 is 0.731 bits per heavy atom. The van der Waals surface area contributed by atoms with Crippen LogP contribution in [-0.2, 0) is 15.8 Å². The van der Waals surface area contributed by atoms with E-state index in [0.29, 0.717) is 0 Å². The minimum absolute atomic E-state index is 0.242. The maximum Gasteiger partial charge on any atom is 0.178 e. The van der Waals surface area contributed by atoms with Gasteiger partial charge in [-0.1, -0.05) is 124 Å². The van der Waals surface area contributed by atoms with Gasteiger partial charge >= 0.3 is 0 Å². The summed E-state index contributed by atoms with van der Waals surface area (Å²) in [6, 6.07) is 44.0. The summed E-state index contributed by atoms with van der Waals surface area (Å²) in [5.74, 6) is 1.81. The van der Waals surface area contributed by atoms with Gasteiger partial charge in [-0.25, -0.2) is 0 Å². The molecule has 1 saturated heterocycles. The minimum Gasteiger partial charge on any atom is -0.494 e. The van der Waals surface area contributed by atoms with Crippen molar-refractivity contribution in [2.24, 2.45) is 0 Å². The first kappa shape index (κ1) is 32.6. The van der Waals surface area contributed by atoms with Gasteiger partial charge in [-0.3, -0.25) is 0 Å². The molecule has 4 heteroatoms. The molecule has 0 saturated carbocycles. The highest BCUT2D eigenvalue weighted by Gasteiger charge is 2.44. The van der Waals surface area contributed by atoms with Crippen molar-refractivity contribution in [3.05, 3.63) is 155 Å². The lowest BCUT2D eigenvalue weighted by molar-refractivity contribution is 0.122. The summed E-state index contributed by atoms with van der Waals surface area (Å²) in [7, 11) is 0. The Labute approximate surface area is 307 Å². The van der Waals surface area contributed by atoms with Crippen LogP contribution in [0.4, 0.5) is 5.69 Å². The lowest BCUT2D eigenvalue weighted by atomic mass is 9.76. The predicted octanol–water partition coefficient (Wildman–Crippen LogP) is 11.2. The van der Waals surface area contributed by atoms with E-state index >= 15 is 0 Å². The first-order chi connectivity index (χ1) is 25.5. The Morgan fingerprint density at radius 3 is 2.15 bits per heavy atom. The number of morpholine rings is 1. The topological polar surface area (TPSA) is 30.9 Å². The molecule has 0 aromatic heterocycles. The number of hydrogen-bond acceptors (Lipinski definition) is 4. The first-order valence-corrected chi connectivity index (χ1v) is 18.8. The van der Waals surface area contributed by atoms with Gasteiger partial charge in [0.2, 0.25) is 0 Å². The van der Waals surface area contributed by atoms with Crippen molar-refractivity contribution in [3.8, 4) is 33.8 Å². The van der Waals surface area contributed by atoms with Crippen LogP contribution in [0.2, 0.25) is 0 Å². The molecule has 4 nitrogen and oxygen atoms in total. The number of benzene rings is 6. The fraction of sp³-hybridized carbons (Fsp3) is 0.250. The SMILES string of the molecule is CCCCOc1ccc(C2(c3ccc(N4CCOCC4)cc3)C=Cc3c4c(c5ccccc5c3O2)-c2ccc(-c3ccccc3)cc2C4(C)C)cc1. The maximum atomic E-state index is 7.58. The maximum absolute atomic E-state index is 7.58. The van der Waals surface area contributed by atoms with Gasteiger partial charge in [0, 0.05) is 46.3 Å². The lowest BCUT2D eigenvalue weighted by Crippen LogP contribution is -2.37. The molecular formula is C48H45NO3. The molecule has 6 aromatic rings. The molecule has 9 rings (SSSR count). The number of anilines is 1. The summed E-state index contributed by atoms with van der Waals surface area (Å²) in [6.45, 7) is 11.0. The van der Waals surface area contributed by atoms with Crippen molar-refractivity contribution in [2.45, 2.75) is 44.6 Å². The molecule has 0 spiro atoms. The number of unbranched alkanes of at least 4 members (excludes halogenated alkanes) is 1. The molecule has 1 aliphatic carbocycles. The van der Waals surface area contributed by atoms with Gasteiger partial charge in [-0.2, -0.15) is 0 Å². The van der Waals surface area contributed by atoms with Gasteiger partial charge < -0.3 is 19.1 Å². The third-order valence-corrected chi connectivity index (χ3v) is 11.4. The van der Waals surface area contributed by atoms with E-state index in [1.807, 2.05) is 0 Å². The van der Waals surface area contributed by atoms with Crippen molar-refractivity contribution >= 4 is 22.5 Å². The summed E-state index contributed by atoms with van der Waals surface area (Å²) >= 11 is 0. The van der Waals surface area contributed by atoms with Crippen LogP contribution in [0.1, 0.15) is 61.4 Å². The highest BCUT2D eigenvalue weighted by molar-refractivity contribution is 6.08. The standard InChI is InChI=1S/C48H45NO3/c1-4-5-29-51-38-22-18-36(19-23-38)48(35-16-20-37(21-17-35)49-27-30-50-31-28-49)26-25-42-45-44(39-13-9-10-14-40(39)46(42)52-48)41-24-15-34(32-43(41)47(45,2)3)33-11-7-6-8-12-33/h6-26,32H,4-5,27-31H2,1-3H3. The summed E-state index contributed by atoms with van der Waals surface area (Å²) in [5, 5.41) is 2.35. The van der Waals surface area contributed by atoms with Crippen LogP contribution in [0, 0.1) is 0 Å². The van der Waals surface area contributed by atoms with Crippen LogP contribution in [0.25, 0.3) is 39.1 Å². The molecule has 1 unspecified atom stereocenters. The number of fused-ring (bicyclic) bond motifs is 8. The first-order valence-electron chi connectivity index (χ1n) is 18.8. The van der Waals surface area contributed by atoms with E-state index < -0.39 is 5.60 Å². The van der Waals surface area contributed by atoms with Gasteiger partial charge in [0.1, 0.15) is 11.5 Å². The molecule has 1 atom stereocenters. The van der Waals surface area contributed by atoms with Crippen LogP contribution in [0.5, 0.6) is 11.5 Å². The van der Waals surface area contributed by atoms with Crippen molar-refractivity contribution in [3.63, 3.8) is 0 Å². The van der Waals surface area contributed by atoms with Gasteiger partial charge in [-0.05, 0) is 81.6 Å². The smallest absolute Gasteiger partial charge is 0.178 e. The number of rotatable bonds is 8. The van der Waals surface area contributed by atoms with Crippen molar-refractivity contribution in [1.82, 2.24) is 0 Å². The number of hydrogen-bond donors (Lipinski definition) is 0. The second-order valence-corrected chi connectivity index (χ2v) is 14.8. The van der Waals surface area contributed by atoms with E-state index in [0.717, 1.165) is 79.3 Å². The molecule has 3 aliphatic rings. The number of ether oxygens (including phenoxy) is 3. The molecule has 2 aliphatic heterocycles. The molecule has 0 amide bonds. The Balaban J connectivity index is 1.20. The van der Waals surface area contributed by atoms with Crippen molar-refractivity contribution in [2.75, 3.05) is 37.8 Å². The normalized spacial score (nSPS) is 18.4. The Bertz CT molecular complexity index is 2280. The fourth-order valence-electron chi connectivity index (χ4n) is 8.60. The zero-order valence-electron chi connectivity index (χ0n) is 30.3. The Kier molecular flexibility index (Phi) is 8.16. The van der Waals surface area contributed by atoms with Gasteiger partial charge in [0.05, 0.1) is 19.8 Å². The number of nitrogens with zero attached hydrogens (tertiary/aromatic N) is 1. The molecule has 52 heavy (non-hydrogen) atoms. The molecular weight excluding hydrogens is 639 g/mol. The zero-order chi connectivity index (χ0) is 35.3. The monoisotopic (exact) mass is 683 g/mol. The molecule has 0 radical (unpaired) electrons. The second kappa shape index (κ2) is 13.0. The van der Waals surface area contributed by atoms with E-state index in [1.165, 1.54) is 44.5 Å².